The summed E-state index contributed by atoms with van der Waals surface area (Å²) >= 11 is 0. The van der Waals surface area contributed by atoms with Crippen LogP contribution >= 0.6 is 0 Å². The van der Waals surface area contributed by atoms with Crippen LogP contribution in [0.15, 0.2) is 46.9 Å². The van der Waals surface area contributed by atoms with Crippen molar-refractivity contribution in [2.24, 2.45) is 0 Å². The van der Waals surface area contributed by atoms with E-state index in [1.54, 1.807) is 12.1 Å². The number of hydrogen-bond acceptors (Lipinski definition) is 5. The molecule has 0 aliphatic rings. The number of nitrogens with zero attached hydrogens (tertiary/aromatic N) is 1. The minimum Gasteiger partial charge on any atom is -0.494 e. The Kier molecular flexibility index (Phi) is 3.64. The Hall–Kier alpha value is -2.69. The third kappa shape index (κ3) is 3.08. The van der Waals surface area contributed by atoms with Crippen LogP contribution in [0, 0.1) is 0 Å². The molecule has 0 aliphatic carbocycles. The number of rotatable bonds is 5. The molecule has 0 radical (unpaired) electrons. The van der Waals surface area contributed by atoms with Gasteiger partial charge >= 0.3 is 0 Å². The van der Waals surface area contributed by atoms with Crippen LogP contribution in [-0.2, 0) is 6.61 Å². The molecule has 5 heteroatoms. The average molecular weight is 284 g/mol. The van der Waals surface area contributed by atoms with E-state index in [1.807, 2.05) is 37.3 Å². The summed E-state index contributed by atoms with van der Waals surface area (Å²) in [6.07, 6.45) is 0. The normalized spacial score (nSPS) is 10.7. The number of fused-ring (bicyclic) bond motifs is 1. The quantitative estimate of drug-likeness (QED) is 0.727. The van der Waals surface area contributed by atoms with E-state index in [9.17, 15) is 0 Å². The highest BCUT2D eigenvalue weighted by Gasteiger charge is 2.06. The van der Waals surface area contributed by atoms with E-state index in [0.717, 1.165) is 17.0 Å². The summed E-state index contributed by atoms with van der Waals surface area (Å²) in [5.74, 6) is 2.08. The molecule has 108 valence electrons. The van der Waals surface area contributed by atoms with Crippen molar-refractivity contribution in [3.63, 3.8) is 0 Å². The molecule has 0 atom stereocenters. The first kappa shape index (κ1) is 13.3. The zero-order valence-electron chi connectivity index (χ0n) is 11.7. The molecule has 5 nitrogen and oxygen atoms in total. The maximum atomic E-state index is 5.71. The Morgan fingerprint density at radius 3 is 2.48 bits per heavy atom. The van der Waals surface area contributed by atoms with Gasteiger partial charge in [-0.2, -0.15) is 0 Å². The third-order valence-corrected chi connectivity index (χ3v) is 2.95. The fourth-order valence-corrected chi connectivity index (χ4v) is 1.99. The predicted octanol–water partition coefficient (Wildman–Crippen LogP) is 3.39. The van der Waals surface area contributed by atoms with Crippen LogP contribution in [0.1, 0.15) is 12.8 Å². The summed E-state index contributed by atoms with van der Waals surface area (Å²) in [7, 11) is 0. The second-order valence-electron chi connectivity index (χ2n) is 4.53. The molecule has 2 N–H and O–H groups in total. The van der Waals surface area contributed by atoms with Crippen molar-refractivity contribution in [3.05, 3.63) is 48.4 Å². The molecule has 3 rings (SSSR count). The van der Waals surface area contributed by atoms with Crippen LogP contribution in [0.25, 0.3) is 11.1 Å². The molecular weight excluding hydrogens is 268 g/mol. The van der Waals surface area contributed by atoms with Gasteiger partial charge in [0.25, 0.3) is 0 Å². The Balaban J connectivity index is 1.68. The zero-order chi connectivity index (χ0) is 14.7. The number of nitrogens with two attached hydrogens (primary N) is 1. The molecule has 0 spiro atoms. The van der Waals surface area contributed by atoms with Crippen LogP contribution in [-0.4, -0.2) is 11.6 Å². The lowest BCUT2D eigenvalue weighted by molar-refractivity contribution is 0.266. The van der Waals surface area contributed by atoms with Crippen molar-refractivity contribution in [2.45, 2.75) is 13.5 Å². The highest BCUT2D eigenvalue weighted by Crippen LogP contribution is 2.21. The number of hydrogen-bond donors (Lipinski definition) is 1. The molecule has 0 saturated heterocycles. The van der Waals surface area contributed by atoms with E-state index >= 15 is 0 Å². The Labute approximate surface area is 122 Å². The number of benzene rings is 2. The summed E-state index contributed by atoms with van der Waals surface area (Å²) < 4.78 is 16.6. The van der Waals surface area contributed by atoms with E-state index < -0.39 is 0 Å². The molecular formula is C16H16N2O3. The molecule has 2 aromatic carbocycles. The standard InChI is InChI=1S/C16H16N2O3/c1-2-19-12-4-6-13(7-5-12)20-10-16-18-14-8-3-11(17)9-15(14)21-16/h3-9H,2,10,17H2,1H3. The second-order valence-corrected chi connectivity index (χ2v) is 4.53. The lowest BCUT2D eigenvalue weighted by Crippen LogP contribution is -1.96. The molecule has 0 aliphatic heterocycles. The van der Waals surface area contributed by atoms with Crippen LogP contribution in [0.5, 0.6) is 11.5 Å². The van der Waals surface area contributed by atoms with E-state index in [2.05, 4.69) is 4.98 Å². The van der Waals surface area contributed by atoms with Gasteiger partial charge in [0.05, 0.1) is 6.61 Å². The summed E-state index contributed by atoms with van der Waals surface area (Å²) in [6, 6.07) is 12.8. The summed E-state index contributed by atoms with van der Waals surface area (Å²) in [5, 5.41) is 0. The highest BCUT2D eigenvalue weighted by atomic mass is 16.5. The fourth-order valence-electron chi connectivity index (χ4n) is 1.99. The van der Waals surface area contributed by atoms with Gasteiger partial charge in [-0.15, -0.1) is 0 Å². The van der Waals surface area contributed by atoms with Crippen molar-refractivity contribution in [3.8, 4) is 11.5 Å². The number of nitrogen functional groups attached to an aromatic ring is 1. The third-order valence-electron chi connectivity index (χ3n) is 2.95. The maximum absolute atomic E-state index is 5.71. The predicted molar refractivity (Wildman–Crippen MR) is 80.4 cm³/mol. The van der Waals surface area contributed by atoms with Crippen molar-refractivity contribution < 1.29 is 13.9 Å². The molecule has 3 aromatic rings. The zero-order valence-corrected chi connectivity index (χ0v) is 11.7. The Bertz CT molecular complexity index is 735. The number of oxazole rings is 1. The molecule has 1 aromatic heterocycles. The van der Waals surface area contributed by atoms with Gasteiger partial charge in [-0.3, -0.25) is 0 Å². The number of aromatic nitrogens is 1. The molecule has 0 unspecified atom stereocenters. The van der Waals surface area contributed by atoms with Crippen LogP contribution < -0.4 is 15.2 Å². The average Bonchev–Trinajstić information content (AvgIpc) is 2.89. The van der Waals surface area contributed by atoms with Crippen LogP contribution in [0.3, 0.4) is 0 Å². The summed E-state index contributed by atoms with van der Waals surface area (Å²) in [4.78, 5) is 4.34. The van der Waals surface area contributed by atoms with Crippen LogP contribution in [0.4, 0.5) is 5.69 Å². The van der Waals surface area contributed by atoms with Gasteiger partial charge in [-0.05, 0) is 43.3 Å². The Morgan fingerprint density at radius 2 is 1.76 bits per heavy atom. The first-order chi connectivity index (χ1) is 10.2. The summed E-state index contributed by atoms with van der Waals surface area (Å²) in [5.41, 5.74) is 7.80. The van der Waals surface area contributed by atoms with Crippen molar-refractivity contribution in [2.75, 3.05) is 12.3 Å². The van der Waals surface area contributed by atoms with E-state index in [-0.39, 0.29) is 6.61 Å². The molecule has 21 heavy (non-hydrogen) atoms. The molecule has 0 bridgehead atoms. The smallest absolute Gasteiger partial charge is 0.233 e. The first-order valence-corrected chi connectivity index (χ1v) is 6.75. The van der Waals surface area contributed by atoms with Gasteiger partial charge in [0.2, 0.25) is 5.89 Å². The van der Waals surface area contributed by atoms with Gasteiger partial charge in [-0.25, -0.2) is 4.98 Å². The van der Waals surface area contributed by atoms with Gasteiger partial charge in [0.1, 0.15) is 17.0 Å². The number of anilines is 1. The lowest BCUT2D eigenvalue weighted by Gasteiger charge is -2.05. The van der Waals surface area contributed by atoms with Crippen molar-refractivity contribution >= 4 is 16.8 Å². The lowest BCUT2D eigenvalue weighted by atomic mass is 10.3. The van der Waals surface area contributed by atoms with Crippen LogP contribution in [0.2, 0.25) is 0 Å². The Morgan fingerprint density at radius 1 is 1.05 bits per heavy atom. The summed E-state index contributed by atoms with van der Waals surface area (Å²) in [6.45, 7) is 2.86. The number of ether oxygens (including phenoxy) is 2. The van der Waals surface area contributed by atoms with Gasteiger partial charge in [0, 0.05) is 11.8 Å². The monoisotopic (exact) mass is 284 g/mol. The van der Waals surface area contributed by atoms with Gasteiger partial charge in [0.15, 0.2) is 12.2 Å². The van der Waals surface area contributed by atoms with E-state index in [4.69, 9.17) is 19.6 Å². The fraction of sp³-hybridized carbons (Fsp3) is 0.188. The van der Waals surface area contributed by atoms with E-state index in [0.29, 0.717) is 23.8 Å². The van der Waals surface area contributed by atoms with Crippen molar-refractivity contribution in [1.29, 1.82) is 0 Å². The first-order valence-electron chi connectivity index (χ1n) is 6.75. The van der Waals surface area contributed by atoms with E-state index in [1.165, 1.54) is 0 Å². The second kappa shape index (κ2) is 5.75. The maximum Gasteiger partial charge on any atom is 0.233 e. The minimum atomic E-state index is 0.266. The van der Waals surface area contributed by atoms with Gasteiger partial charge in [-0.1, -0.05) is 0 Å². The SMILES string of the molecule is CCOc1ccc(OCc2nc3ccc(N)cc3o2)cc1. The van der Waals surface area contributed by atoms with Gasteiger partial charge < -0.3 is 19.6 Å². The largest absolute Gasteiger partial charge is 0.494 e. The molecule has 1 heterocycles. The highest BCUT2D eigenvalue weighted by molar-refractivity contribution is 5.76. The van der Waals surface area contributed by atoms with Crippen molar-refractivity contribution in [1.82, 2.24) is 4.98 Å². The molecule has 0 amide bonds. The minimum absolute atomic E-state index is 0.266. The topological polar surface area (TPSA) is 70.5 Å². The molecule has 0 fully saturated rings. The molecule has 0 saturated carbocycles.